The Bertz CT molecular complexity index is 834. The van der Waals surface area contributed by atoms with Crippen LogP contribution in [0.3, 0.4) is 0 Å². The molecule has 2 aromatic rings. The summed E-state index contributed by atoms with van der Waals surface area (Å²) in [6.45, 7) is 6.60. The molecule has 1 aromatic carbocycles. The topological polar surface area (TPSA) is 45.0 Å². The van der Waals surface area contributed by atoms with E-state index in [0.717, 1.165) is 61.6 Å². The maximum absolute atomic E-state index is 6.12. The number of aromatic nitrogens is 1. The van der Waals surface area contributed by atoms with Gasteiger partial charge in [-0.15, -0.1) is 0 Å². The number of halogens is 1. The summed E-state index contributed by atoms with van der Waals surface area (Å²) in [4.78, 5) is 9.51. The molecule has 158 valence electrons. The second-order valence-electron chi connectivity index (χ2n) is 7.61. The molecule has 6 nitrogen and oxygen atoms in total. The van der Waals surface area contributed by atoms with Crippen LogP contribution in [-0.4, -0.2) is 55.8 Å². The number of aryl methyl sites for hydroxylation is 1. The van der Waals surface area contributed by atoms with E-state index in [2.05, 4.69) is 45.8 Å². The Labute approximate surface area is 179 Å². The first-order valence-electron chi connectivity index (χ1n) is 10.2. The molecule has 0 bridgehead atoms. The Hall–Kier alpha value is -2.34. The van der Waals surface area contributed by atoms with Gasteiger partial charge in [-0.25, -0.2) is 0 Å². The quantitative estimate of drug-likeness (QED) is 0.552. The normalized spacial score (nSPS) is 16.9. The van der Waals surface area contributed by atoms with Gasteiger partial charge in [-0.3, -0.25) is 4.99 Å². The van der Waals surface area contributed by atoms with Crippen LogP contribution in [0.25, 0.3) is 0 Å². The highest BCUT2D eigenvalue weighted by atomic mass is 35.5. The minimum Gasteiger partial charge on any atom is -0.497 e. The number of hydrogen-bond donors (Lipinski definition) is 1. The fourth-order valence-corrected chi connectivity index (χ4v) is 4.02. The number of guanidine groups is 1. The summed E-state index contributed by atoms with van der Waals surface area (Å²) in [5, 5.41) is 4.18. The van der Waals surface area contributed by atoms with Gasteiger partial charge in [0.2, 0.25) is 0 Å². The summed E-state index contributed by atoms with van der Waals surface area (Å²) in [7, 11) is 5.80. The molecule has 1 unspecified atom stereocenters. The first-order valence-corrected chi connectivity index (χ1v) is 10.6. The highest BCUT2D eigenvalue weighted by molar-refractivity contribution is 6.30. The number of hydrogen-bond acceptors (Lipinski definition) is 3. The van der Waals surface area contributed by atoms with Crippen LogP contribution < -0.4 is 15.0 Å². The Morgan fingerprint density at radius 2 is 2.21 bits per heavy atom. The highest BCUT2D eigenvalue weighted by Crippen LogP contribution is 2.27. The molecule has 7 heteroatoms. The summed E-state index contributed by atoms with van der Waals surface area (Å²) in [5.41, 5.74) is 2.38. The Kier molecular flexibility index (Phi) is 7.31. The first kappa shape index (κ1) is 21.4. The van der Waals surface area contributed by atoms with Crippen molar-refractivity contribution >= 4 is 23.2 Å². The average Bonchev–Trinajstić information content (AvgIpc) is 3.31. The molecule has 2 heterocycles. The smallest absolute Gasteiger partial charge is 0.194 e. The second kappa shape index (κ2) is 9.92. The molecule has 1 aliphatic heterocycles. The number of anilines is 1. The molecule has 1 saturated heterocycles. The van der Waals surface area contributed by atoms with Gasteiger partial charge in [0.15, 0.2) is 5.96 Å². The minimum absolute atomic E-state index is 0.549. The van der Waals surface area contributed by atoms with Gasteiger partial charge < -0.3 is 24.4 Å². The van der Waals surface area contributed by atoms with Crippen LogP contribution in [-0.2, 0) is 13.6 Å². The van der Waals surface area contributed by atoms with Gasteiger partial charge in [0, 0.05) is 63.9 Å². The third-order valence-corrected chi connectivity index (χ3v) is 5.58. The largest absolute Gasteiger partial charge is 0.497 e. The summed E-state index contributed by atoms with van der Waals surface area (Å²) in [6.07, 6.45) is 3.08. The molecule has 1 fully saturated rings. The number of benzene rings is 1. The van der Waals surface area contributed by atoms with Crippen LogP contribution in [0, 0.1) is 5.92 Å². The standard InChI is InChI=1S/C22H32ClN5O/c1-5-24-22(27(3)16-20-11-18(23)15-26(20)2)25-13-17-9-10-28(14-17)19-7-6-8-21(12-19)29-4/h6-8,11-12,15,17H,5,9-10,13-14,16H2,1-4H3,(H,24,25). The molecule has 29 heavy (non-hydrogen) atoms. The van der Waals surface area contributed by atoms with Crippen LogP contribution in [0.1, 0.15) is 19.0 Å². The lowest BCUT2D eigenvalue weighted by atomic mass is 10.1. The van der Waals surface area contributed by atoms with Gasteiger partial charge in [-0.2, -0.15) is 0 Å². The fraction of sp³-hybridized carbons (Fsp3) is 0.500. The van der Waals surface area contributed by atoms with Crippen molar-refractivity contribution in [3.63, 3.8) is 0 Å². The van der Waals surface area contributed by atoms with Crippen molar-refractivity contribution in [3.05, 3.63) is 47.2 Å². The molecule has 0 spiro atoms. The Morgan fingerprint density at radius 1 is 1.38 bits per heavy atom. The molecular formula is C22H32ClN5O. The number of methoxy groups -OCH3 is 1. The van der Waals surface area contributed by atoms with Crippen LogP contribution >= 0.6 is 11.6 Å². The summed E-state index contributed by atoms with van der Waals surface area (Å²) in [6, 6.07) is 10.3. The molecule has 1 aliphatic rings. The van der Waals surface area contributed by atoms with Gasteiger partial charge in [0.05, 0.1) is 18.7 Å². The van der Waals surface area contributed by atoms with E-state index < -0.39 is 0 Å². The summed E-state index contributed by atoms with van der Waals surface area (Å²) in [5.74, 6) is 2.39. The van der Waals surface area contributed by atoms with Crippen molar-refractivity contribution in [1.29, 1.82) is 0 Å². The first-order chi connectivity index (χ1) is 14.0. The van der Waals surface area contributed by atoms with Gasteiger partial charge in [-0.1, -0.05) is 17.7 Å². The number of aliphatic imine (C=N–C) groups is 1. The molecule has 0 radical (unpaired) electrons. The van der Waals surface area contributed by atoms with Crippen molar-refractivity contribution in [2.24, 2.45) is 18.0 Å². The minimum atomic E-state index is 0.549. The van der Waals surface area contributed by atoms with Gasteiger partial charge in [0.1, 0.15) is 5.75 Å². The van der Waals surface area contributed by atoms with Crippen LogP contribution in [0.15, 0.2) is 41.5 Å². The predicted octanol–water partition coefficient (Wildman–Crippen LogP) is 3.61. The van der Waals surface area contributed by atoms with E-state index in [4.69, 9.17) is 21.3 Å². The van der Waals surface area contributed by atoms with Crippen molar-refractivity contribution in [2.75, 3.05) is 45.2 Å². The zero-order chi connectivity index (χ0) is 20.8. The fourth-order valence-electron chi connectivity index (χ4n) is 3.75. The van der Waals surface area contributed by atoms with E-state index in [9.17, 15) is 0 Å². The van der Waals surface area contributed by atoms with Crippen LogP contribution in [0.4, 0.5) is 5.69 Å². The molecule has 0 saturated carbocycles. The number of ether oxygens (including phenoxy) is 1. The van der Waals surface area contributed by atoms with Crippen molar-refractivity contribution in [3.8, 4) is 5.75 Å². The van der Waals surface area contributed by atoms with E-state index in [1.807, 2.05) is 31.4 Å². The SMILES string of the molecule is CCNC(=NCC1CCN(c2cccc(OC)c2)C1)N(C)Cc1cc(Cl)cn1C. The molecule has 3 rings (SSSR count). The van der Waals surface area contributed by atoms with Crippen molar-refractivity contribution in [2.45, 2.75) is 19.9 Å². The van der Waals surface area contributed by atoms with Crippen LogP contribution in [0.5, 0.6) is 5.75 Å². The van der Waals surface area contributed by atoms with Crippen molar-refractivity contribution < 1.29 is 4.74 Å². The second-order valence-corrected chi connectivity index (χ2v) is 8.05. The maximum Gasteiger partial charge on any atom is 0.194 e. The van der Waals surface area contributed by atoms with Gasteiger partial charge in [-0.05, 0) is 37.5 Å². The predicted molar refractivity (Wildman–Crippen MR) is 121 cm³/mol. The van der Waals surface area contributed by atoms with Crippen molar-refractivity contribution in [1.82, 2.24) is 14.8 Å². The Morgan fingerprint density at radius 3 is 2.90 bits per heavy atom. The summed E-state index contributed by atoms with van der Waals surface area (Å²) >= 11 is 6.12. The highest BCUT2D eigenvalue weighted by Gasteiger charge is 2.23. The number of rotatable bonds is 7. The third-order valence-electron chi connectivity index (χ3n) is 5.37. The molecule has 1 N–H and O–H groups in total. The zero-order valence-corrected chi connectivity index (χ0v) is 18.6. The summed E-state index contributed by atoms with van der Waals surface area (Å²) < 4.78 is 7.42. The van der Waals surface area contributed by atoms with Gasteiger partial charge in [0.25, 0.3) is 0 Å². The maximum atomic E-state index is 6.12. The number of nitrogens with zero attached hydrogens (tertiary/aromatic N) is 4. The lowest BCUT2D eigenvalue weighted by Gasteiger charge is -2.23. The van der Waals surface area contributed by atoms with Crippen LogP contribution in [0.2, 0.25) is 5.02 Å². The third kappa shape index (κ3) is 5.60. The molecule has 1 aromatic heterocycles. The Balaban J connectivity index is 1.60. The molecule has 0 amide bonds. The lowest BCUT2D eigenvalue weighted by molar-refractivity contribution is 0.415. The monoisotopic (exact) mass is 417 g/mol. The lowest BCUT2D eigenvalue weighted by Crippen LogP contribution is -2.39. The van der Waals surface area contributed by atoms with E-state index in [1.165, 1.54) is 5.69 Å². The molecule has 0 aliphatic carbocycles. The zero-order valence-electron chi connectivity index (χ0n) is 17.9. The van der Waals surface area contributed by atoms with E-state index in [1.54, 1.807) is 7.11 Å². The van der Waals surface area contributed by atoms with Gasteiger partial charge >= 0.3 is 0 Å². The average molecular weight is 418 g/mol. The van der Waals surface area contributed by atoms with E-state index in [-0.39, 0.29) is 0 Å². The number of nitrogens with one attached hydrogen (secondary N) is 1. The van der Waals surface area contributed by atoms with E-state index >= 15 is 0 Å². The molecule has 1 atom stereocenters. The van der Waals surface area contributed by atoms with E-state index in [0.29, 0.717) is 5.92 Å². The molecular weight excluding hydrogens is 386 g/mol.